The van der Waals surface area contributed by atoms with Gasteiger partial charge in [0.25, 0.3) is 5.91 Å². The molecule has 0 radical (unpaired) electrons. The van der Waals surface area contributed by atoms with Crippen molar-refractivity contribution in [2.45, 2.75) is 25.7 Å². The Bertz CT molecular complexity index is 919. The molecule has 0 N–H and O–H groups in total. The van der Waals surface area contributed by atoms with Crippen molar-refractivity contribution in [1.29, 1.82) is 0 Å². The molecule has 0 aliphatic carbocycles. The summed E-state index contributed by atoms with van der Waals surface area (Å²) >= 11 is 0. The number of nitrogens with zero attached hydrogens (tertiary/aromatic N) is 4. The molecule has 0 bridgehead atoms. The van der Waals surface area contributed by atoms with E-state index >= 15 is 0 Å². The van der Waals surface area contributed by atoms with Crippen LogP contribution in [0.3, 0.4) is 0 Å². The van der Waals surface area contributed by atoms with Crippen molar-refractivity contribution in [2.75, 3.05) is 13.1 Å². The zero-order valence-corrected chi connectivity index (χ0v) is 14.2. The van der Waals surface area contributed by atoms with Crippen LogP contribution in [0, 0.1) is 6.92 Å². The number of rotatable bonds is 2. The molecule has 4 rings (SSSR count). The molecule has 126 valence electrons. The smallest absolute Gasteiger partial charge is 0.254 e. The van der Waals surface area contributed by atoms with Gasteiger partial charge in [-0.05, 0) is 44.0 Å². The third kappa shape index (κ3) is 3.09. The maximum atomic E-state index is 13.1. The van der Waals surface area contributed by atoms with Gasteiger partial charge in [0, 0.05) is 48.0 Å². The predicted octanol–water partition coefficient (Wildman–Crippen LogP) is 3.35. The summed E-state index contributed by atoms with van der Waals surface area (Å²) < 4.78 is 0. The molecule has 2 aromatic heterocycles. The Morgan fingerprint density at radius 1 is 1.12 bits per heavy atom. The first-order valence-electron chi connectivity index (χ1n) is 8.65. The minimum atomic E-state index is 0.0779. The summed E-state index contributed by atoms with van der Waals surface area (Å²) in [4.78, 5) is 28.2. The summed E-state index contributed by atoms with van der Waals surface area (Å²) in [5, 5.41) is 0.912. The summed E-state index contributed by atoms with van der Waals surface area (Å²) in [6, 6.07) is 11.5. The highest BCUT2D eigenvalue weighted by molar-refractivity contribution is 6.06. The van der Waals surface area contributed by atoms with Gasteiger partial charge in [0.1, 0.15) is 5.82 Å². The lowest BCUT2D eigenvalue weighted by Gasteiger charge is -2.32. The highest BCUT2D eigenvalue weighted by Crippen LogP contribution is 2.27. The molecule has 1 aliphatic heterocycles. The Morgan fingerprint density at radius 2 is 2.04 bits per heavy atom. The van der Waals surface area contributed by atoms with Crippen LogP contribution < -0.4 is 0 Å². The van der Waals surface area contributed by atoms with Gasteiger partial charge in [-0.3, -0.25) is 9.78 Å². The van der Waals surface area contributed by atoms with Gasteiger partial charge in [-0.1, -0.05) is 12.1 Å². The van der Waals surface area contributed by atoms with E-state index in [1.54, 1.807) is 12.4 Å². The average Bonchev–Trinajstić information content (AvgIpc) is 2.67. The van der Waals surface area contributed by atoms with Crippen molar-refractivity contribution in [1.82, 2.24) is 19.9 Å². The molecule has 3 aromatic rings. The molecule has 5 nitrogen and oxygen atoms in total. The maximum absolute atomic E-state index is 13.1. The second-order valence-electron chi connectivity index (χ2n) is 6.49. The number of benzene rings is 1. The summed E-state index contributed by atoms with van der Waals surface area (Å²) in [6.07, 6.45) is 5.60. The number of amides is 1. The van der Waals surface area contributed by atoms with E-state index in [2.05, 4.69) is 15.0 Å². The third-order valence-electron chi connectivity index (χ3n) is 4.80. The van der Waals surface area contributed by atoms with Crippen molar-refractivity contribution < 1.29 is 4.79 Å². The van der Waals surface area contributed by atoms with E-state index in [4.69, 9.17) is 0 Å². The minimum absolute atomic E-state index is 0.0779. The molecule has 25 heavy (non-hydrogen) atoms. The van der Waals surface area contributed by atoms with Gasteiger partial charge in [0.05, 0.1) is 5.52 Å². The van der Waals surface area contributed by atoms with Crippen LogP contribution in [-0.4, -0.2) is 38.8 Å². The van der Waals surface area contributed by atoms with Crippen LogP contribution in [0.15, 0.2) is 48.8 Å². The maximum Gasteiger partial charge on any atom is 0.254 e. The van der Waals surface area contributed by atoms with Crippen LogP contribution in [0.25, 0.3) is 10.9 Å². The van der Waals surface area contributed by atoms with E-state index in [0.29, 0.717) is 6.54 Å². The molecular formula is C20H20N4O. The molecular weight excluding hydrogens is 312 g/mol. The first-order chi connectivity index (χ1) is 12.2. The minimum Gasteiger partial charge on any atom is -0.338 e. The zero-order valence-electron chi connectivity index (χ0n) is 14.2. The fraction of sp³-hybridized carbons (Fsp3) is 0.300. The lowest BCUT2D eigenvalue weighted by molar-refractivity contribution is 0.0708. The molecule has 3 heterocycles. The second-order valence-corrected chi connectivity index (χ2v) is 6.49. The van der Waals surface area contributed by atoms with Crippen LogP contribution >= 0.6 is 0 Å². The van der Waals surface area contributed by atoms with Crippen LogP contribution in [-0.2, 0) is 0 Å². The fourth-order valence-corrected chi connectivity index (χ4v) is 3.57. The number of hydrogen-bond donors (Lipinski definition) is 0. The van der Waals surface area contributed by atoms with Crippen LogP contribution in [0.1, 0.15) is 40.6 Å². The van der Waals surface area contributed by atoms with Gasteiger partial charge in [0.15, 0.2) is 0 Å². The van der Waals surface area contributed by atoms with Crippen molar-refractivity contribution in [3.05, 3.63) is 65.9 Å². The van der Waals surface area contributed by atoms with Gasteiger partial charge in [-0.2, -0.15) is 0 Å². The predicted molar refractivity (Wildman–Crippen MR) is 96.4 cm³/mol. The zero-order chi connectivity index (χ0) is 17.2. The van der Waals surface area contributed by atoms with Gasteiger partial charge in [-0.25, -0.2) is 9.97 Å². The van der Waals surface area contributed by atoms with Gasteiger partial charge >= 0.3 is 0 Å². The molecule has 1 saturated heterocycles. The molecule has 1 amide bonds. The lowest BCUT2D eigenvalue weighted by Crippen LogP contribution is -2.39. The quantitative estimate of drug-likeness (QED) is 0.722. The number of aromatic nitrogens is 3. The standard InChI is InChI=1S/C20H20N4O/c1-14-21-11-9-18(23-14)15-5-4-12-24(13-15)20(25)17-6-2-8-19-16(17)7-3-10-22-19/h2-3,6-11,15H,4-5,12-13H2,1H3/t15-/m0/s1. The topological polar surface area (TPSA) is 59.0 Å². The van der Waals surface area contributed by atoms with E-state index < -0.39 is 0 Å². The third-order valence-corrected chi connectivity index (χ3v) is 4.80. The van der Waals surface area contributed by atoms with E-state index in [1.165, 1.54) is 0 Å². The normalized spacial score (nSPS) is 17.6. The van der Waals surface area contributed by atoms with E-state index in [1.807, 2.05) is 48.2 Å². The SMILES string of the molecule is Cc1nccc([C@H]2CCCN(C(=O)c3cccc4ncccc34)C2)n1. The largest absolute Gasteiger partial charge is 0.338 e. The first kappa shape index (κ1) is 15.7. The molecule has 1 aliphatic rings. The molecule has 1 atom stereocenters. The number of fused-ring (bicyclic) bond motifs is 1. The van der Waals surface area contributed by atoms with Crippen molar-refractivity contribution >= 4 is 16.8 Å². The van der Waals surface area contributed by atoms with E-state index in [9.17, 15) is 4.79 Å². The number of aryl methyl sites for hydroxylation is 1. The van der Waals surface area contributed by atoms with Crippen LogP contribution in [0.4, 0.5) is 0 Å². The Balaban J connectivity index is 1.61. The summed E-state index contributed by atoms with van der Waals surface area (Å²) in [7, 11) is 0. The summed E-state index contributed by atoms with van der Waals surface area (Å²) in [5.74, 6) is 1.13. The monoisotopic (exact) mass is 332 g/mol. The molecule has 0 saturated carbocycles. The van der Waals surface area contributed by atoms with Crippen molar-refractivity contribution in [3.63, 3.8) is 0 Å². The highest BCUT2D eigenvalue weighted by Gasteiger charge is 2.27. The molecule has 1 aromatic carbocycles. The second kappa shape index (κ2) is 6.59. The van der Waals surface area contributed by atoms with Crippen LogP contribution in [0.5, 0.6) is 0 Å². The Hall–Kier alpha value is -2.82. The van der Waals surface area contributed by atoms with Crippen molar-refractivity contribution in [2.24, 2.45) is 0 Å². The van der Waals surface area contributed by atoms with Gasteiger partial charge in [-0.15, -0.1) is 0 Å². The van der Waals surface area contributed by atoms with Gasteiger partial charge in [0.2, 0.25) is 0 Å². The Morgan fingerprint density at radius 3 is 2.92 bits per heavy atom. The number of likely N-dealkylation sites (tertiary alicyclic amines) is 1. The summed E-state index contributed by atoms with van der Waals surface area (Å²) in [5.41, 5.74) is 2.61. The number of carbonyl (C=O) groups is 1. The number of pyridine rings is 1. The van der Waals surface area contributed by atoms with Gasteiger partial charge < -0.3 is 4.90 Å². The average molecular weight is 332 g/mol. The number of piperidine rings is 1. The van der Waals surface area contributed by atoms with E-state index in [0.717, 1.165) is 47.4 Å². The number of carbonyl (C=O) groups excluding carboxylic acids is 1. The fourth-order valence-electron chi connectivity index (χ4n) is 3.57. The first-order valence-corrected chi connectivity index (χ1v) is 8.65. The molecule has 0 unspecified atom stereocenters. The summed E-state index contributed by atoms with van der Waals surface area (Å²) in [6.45, 7) is 3.39. The highest BCUT2D eigenvalue weighted by atomic mass is 16.2. The van der Waals surface area contributed by atoms with E-state index in [-0.39, 0.29) is 11.8 Å². The lowest BCUT2D eigenvalue weighted by atomic mass is 9.93. The molecule has 0 spiro atoms. The Kier molecular flexibility index (Phi) is 4.14. The van der Waals surface area contributed by atoms with Crippen molar-refractivity contribution in [3.8, 4) is 0 Å². The van der Waals surface area contributed by atoms with Crippen LogP contribution in [0.2, 0.25) is 0 Å². The number of hydrogen-bond acceptors (Lipinski definition) is 4. The Labute approximate surface area is 146 Å². The molecule has 5 heteroatoms. The molecule has 1 fully saturated rings.